The van der Waals surface area contributed by atoms with Crippen molar-refractivity contribution in [3.05, 3.63) is 0 Å². The minimum Gasteiger partial charge on any atom is -0.396 e. The average molecular weight is 390 g/mol. The Bertz CT molecular complexity index is 460. The summed E-state index contributed by atoms with van der Waals surface area (Å²) in [6.45, 7) is 12.2. The van der Waals surface area contributed by atoms with Crippen LogP contribution < -0.4 is 0 Å². The van der Waals surface area contributed by atoms with Gasteiger partial charge in [0.05, 0.1) is 35.5 Å². The maximum atomic E-state index is 10.4. The van der Waals surface area contributed by atoms with Crippen LogP contribution in [0.5, 0.6) is 0 Å². The molecular weight excluding hydrogens is 350 g/mol. The molecule has 0 bridgehead atoms. The van der Waals surface area contributed by atoms with Crippen LogP contribution in [0.1, 0.15) is 67.2 Å². The highest BCUT2D eigenvalue weighted by molar-refractivity contribution is 5.05. The molecule has 2 aliphatic heterocycles. The molecule has 2 heterocycles. The van der Waals surface area contributed by atoms with E-state index < -0.39 is 6.10 Å². The quantitative estimate of drug-likeness (QED) is 0.581. The number of fused-ring (bicyclic) bond motifs is 1. The van der Waals surface area contributed by atoms with E-state index in [1.807, 2.05) is 46.6 Å². The number of hydroxylamine groups is 2. The Morgan fingerprint density at radius 3 is 2.11 bits per heavy atom. The van der Waals surface area contributed by atoms with E-state index in [1.165, 1.54) is 0 Å². The third-order valence-corrected chi connectivity index (χ3v) is 4.92. The number of rotatable bonds is 8. The first kappa shape index (κ1) is 23.0. The van der Waals surface area contributed by atoms with Crippen LogP contribution in [-0.2, 0) is 14.3 Å². The first-order chi connectivity index (χ1) is 12.4. The molecule has 0 radical (unpaired) electrons. The van der Waals surface area contributed by atoms with Crippen molar-refractivity contribution in [2.45, 2.75) is 115 Å². The van der Waals surface area contributed by atoms with Crippen molar-refractivity contribution in [3.8, 4) is 0 Å². The van der Waals surface area contributed by atoms with Crippen LogP contribution >= 0.6 is 0 Å². The third-order valence-electron chi connectivity index (χ3n) is 4.92. The van der Waals surface area contributed by atoms with E-state index in [4.69, 9.17) is 14.3 Å². The van der Waals surface area contributed by atoms with E-state index in [9.17, 15) is 15.3 Å². The Morgan fingerprint density at radius 2 is 1.59 bits per heavy atom. The fraction of sp³-hybridized carbons (Fsp3) is 1.00. The van der Waals surface area contributed by atoms with Crippen molar-refractivity contribution in [2.24, 2.45) is 0 Å². The van der Waals surface area contributed by atoms with Gasteiger partial charge in [0.15, 0.2) is 0 Å². The number of aliphatic hydroxyl groups is 3. The van der Waals surface area contributed by atoms with Gasteiger partial charge in [-0.05, 0) is 67.2 Å². The molecule has 7 nitrogen and oxygen atoms in total. The number of ether oxygens (including phenoxy) is 2. The van der Waals surface area contributed by atoms with Gasteiger partial charge in [-0.1, -0.05) is 0 Å². The van der Waals surface area contributed by atoms with Crippen LogP contribution in [0.15, 0.2) is 0 Å². The summed E-state index contributed by atoms with van der Waals surface area (Å²) in [4.78, 5) is 6.15. The lowest BCUT2D eigenvalue weighted by molar-refractivity contribution is -0.200. The number of nitrogens with zero attached hydrogens (tertiary/aromatic N) is 1. The Hall–Kier alpha value is -0.280. The molecule has 7 heteroatoms. The summed E-state index contributed by atoms with van der Waals surface area (Å²) in [7, 11) is 0. The molecule has 2 fully saturated rings. The summed E-state index contributed by atoms with van der Waals surface area (Å²) in [5.74, 6) is 0. The van der Waals surface area contributed by atoms with Crippen molar-refractivity contribution >= 4 is 0 Å². The van der Waals surface area contributed by atoms with E-state index in [0.717, 1.165) is 6.42 Å². The van der Waals surface area contributed by atoms with E-state index >= 15 is 0 Å². The standard InChI is InChI=1S/C20H39NO6/c1-19(2,3)25-17-15(11-13(24)7-9-22)21-16(12-14(27-21)8-10-23)18(17)26-20(4,5)6/h13-18,22-24H,7-12H2,1-6H3/t13-,14-,15+,16+,17+,18+/m1/s1. The predicted molar refractivity (Wildman–Crippen MR) is 102 cm³/mol. The third kappa shape index (κ3) is 6.35. The second kappa shape index (κ2) is 9.03. The fourth-order valence-electron chi connectivity index (χ4n) is 4.06. The summed E-state index contributed by atoms with van der Waals surface area (Å²) in [6, 6.07) is -0.161. The fourth-order valence-corrected chi connectivity index (χ4v) is 4.06. The first-order valence-corrected chi connectivity index (χ1v) is 10.2. The lowest BCUT2D eigenvalue weighted by Gasteiger charge is -2.36. The Morgan fingerprint density at radius 1 is 1.00 bits per heavy atom. The SMILES string of the molecule is CC(C)(C)O[C@@H]1[C@@H](OC(C)(C)C)[C@@H]2C[C@@H](CCO)ON2[C@H]1C[C@H](O)CCO. The molecule has 160 valence electrons. The normalized spacial score (nSPS) is 33.4. The summed E-state index contributed by atoms with van der Waals surface area (Å²) >= 11 is 0. The summed E-state index contributed by atoms with van der Waals surface area (Å²) in [6.07, 6.45) is 0.955. The number of hydrogen-bond donors (Lipinski definition) is 3. The van der Waals surface area contributed by atoms with Crippen molar-refractivity contribution in [2.75, 3.05) is 13.2 Å². The van der Waals surface area contributed by atoms with Crippen LogP contribution in [0.2, 0.25) is 0 Å². The molecule has 0 aromatic heterocycles. The summed E-state index contributed by atoms with van der Waals surface area (Å²) < 4.78 is 12.8. The zero-order valence-corrected chi connectivity index (χ0v) is 17.7. The zero-order valence-electron chi connectivity index (χ0n) is 17.7. The minimum atomic E-state index is -0.638. The van der Waals surface area contributed by atoms with Crippen LogP contribution in [0.25, 0.3) is 0 Å². The molecule has 0 saturated carbocycles. The highest BCUT2D eigenvalue weighted by Gasteiger charge is 2.57. The van der Waals surface area contributed by atoms with E-state index in [2.05, 4.69) is 0 Å². The Labute approximate surface area is 163 Å². The van der Waals surface area contributed by atoms with Crippen molar-refractivity contribution in [1.29, 1.82) is 0 Å². The molecule has 0 spiro atoms. The molecule has 0 aromatic rings. The Kier molecular flexibility index (Phi) is 7.69. The van der Waals surface area contributed by atoms with Crippen LogP contribution in [0.3, 0.4) is 0 Å². The van der Waals surface area contributed by atoms with Gasteiger partial charge >= 0.3 is 0 Å². The summed E-state index contributed by atoms with van der Waals surface area (Å²) in [5.41, 5.74) is -0.710. The molecule has 2 rings (SSSR count). The molecule has 6 atom stereocenters. The average Bonchev–Trinajstić information content (AvgIpc) is 2.99. The van der Waals surface area contributed by atoms with E-state index in [-0.39, 0.29) is 54.8 Å². The van der Waals surface area contributed by atoms with Gasteiger partial charge in [0.1, 0.15) is 12.2 Å². The van der Waals surface area contributed by atoms with Crippen LogP contribution in [0, 0.1) is 0 Å². The molecule has 2 aliphatic rings. The smallest absolute Gasteiger partial charge is 0.104 e. The van der Waals surface area contributed by atoms with Gasteiger partial charge in [0, 0.05) is 13.2 Å². The zero-order chi connectivity index (χ0) is 20.4. The largest absolute Gasteiger partial charge is 0.396 e. The summed E-state index contributed by atoms with van der Waals surface area (Å²) in [5, 5.41) is 30.8. The molecule has 2 saturated heterocycles. The molecule has 0 unspecified atom stereocenters. The van der Waals surface area contributed by atoms with Crippen LogP contribution in [-0.4, -0.2) is 81.3 Å². The van der Waals surface area contributed by atoms with Gasteiger partial charge in [-0.2, -0.15) is 5.06 Å². The second-order valence-electron chi connectivity index (χ2n) is 9.76. The van der Waals surface area contributed by atoms with Crippen molar-refractivity contribution < 1.29 is 29.6 Å². The highest BCUT2D eigenvalue weighted by Crippen LogP contribution is 2.43. The first-order valence-electron chi connectivity index (χ1n) is 10.2. The maximum Gasteiger partial charge on any atom is 0.104 e. The van der Waals surface area contributed by atoms with Gasteiger partial charge in [0.25, 0.3) is 0 Å². The van der Waals surface area contributed by atoms with Gasteiger partial charge in [-0.3, -0.25) is 4.84 Å². The topological polar surface area (TPSA) is 91.6 Å². The molecule has 0 aromatic carbocycles. The lowest BCUT2D eigenvalue weighted by atomic mass is 9.97. The molecule has 0 amide bonds. The van der Waals surface area contributed by atoms with Crippen molar-refractivity contribution in [3.63, 3.8) is 0 Å². The van der Waals surface area contributed by atoms with Gasteiger partial charge < -0.3 is 24.8 Å². The molecule has 27 heavy (non-hydrogen) atoms. The van der Waals surface area contributed by atoms with Gasteiger partial charge in [0.2, 0.25) is 0 Å². The Balaban J connectivity index is 2.29. The molecule has 3 N–H and O–H groups in total. The van der Waals surface area contributed by atoms with Crippen LogP contribution in [0.4, 0.5) is 0 Å². The predicted octanol–water partition coefficient (Wildman–Crippen LogP) is 1.63. The van der Waals surface area contributed by atoms with Crippen molar-refractivity contribution in [1.82, 2.24) is 5.06 Å². The molecular formula is C20H39NO6. The number of hydrogen-bond acceptors (Lipinski definition) is 7. The van der Waals surface area contributed by atoms with Gasteiger partial charge in [-0.25, -0.2) is 0 Å². The van der Waals surface area contributed by atoms with E-state index in [1.54, 1.807) is 0 Å². The monoisotopic (exact) mass is 389 g/mol. The number of aliphatic hydroxyl groups excluding tert-OH is 3. The van der Waals surface area contributed by atoms with Gasteiger partial charge in [-0.15, -0.1) is 0 Å². The highest BCUT2D eigenvalue weighted by atomic mass is 16.7. The minimum absolute atomic E-state index is 0.0134. The lowest BCUT2D eigenvalue weighted by Crippen LogP contribution is -2.47. The second-order valence-corrected chi connectivity index (χ2v) is 9.76. The maximum absolute atomic E-state index is 10.4. The molecule has 0 aliphatic carbocycles. The van der Waals surface area contributed by atoms with E-state index in [0.29, 0.717) is 19.3 Å².